The van der Waals surface area contributed by atoms with Gasteiger partial charge in [-0.3, -0.25) is 4.79 Å². The van der Waals surface area contributed by atoms with Crippen LogP contribution in [0.1, 0.15) is 51.0 Å². The van der Waals surface area contributed by atoms with Crippen molar-refractivity contribution in [2.24, 2.45) is 5.73 Å². The number of nitrogens with two attached hydrogens (primary N) is 1. The van der Waals surface area contributed by atoms with Crippen LogP contribution in [0.2, 0.25) is 0 Å². The molecule has 0 aliphatic heterocycles. The van der Waals surface area contributed by atoms with Gasteiger partial charge < -0.3 is 15.8 Å². The fourth-order valence-electron chi connectivity index (χ4n) is 3.40. The number of ether oxygens (including phenoxy) is 1. The zero-order valence-electron chi connectivity index (χ0n) is 13.7. The molecule has 1 aliphatic rings. The van der Waals surface area contributed by atoms with Crippen molar-refractivity contribution in [1.82, 2.24) is 5.32 Å². The number of carbonyl (C=O) groups excluding carboxylic acids is 1. The maximum Gasteiger partial charge on any atom is 0.236 e. The molecule has 0 aromatic heterocycles. The van der Waals surface area contributed by atoms with Crippen molar-refractivity contribution in [2.75, 3.05) is 13.7 Å². The monoisotopic (exact) mass is 304 g/mol. The van der Waals surface area contributed by atoms with Crippen molar-refractivity contribution in [2.45, 2.75) is 56.9 Å². The van der Waals surface area contributed by atoms with Crippen LogP contribution in [0.5, 0.6) is 5.75 Å². The van der Waals surface area contributed by atoms with Crippen molar-refractivity contribution in [3.05, 3.63) is 29.8 Å². The summed E-state index contributed by atoms with van der Waals surface area (Å²) < 4.78 is 5.35. The minimum absolute atomic E-state index is 0.0239. The Hall–Kier alpha value is -1.55. The average Bonchev–Trinajstić information content (AvgIpc) is 3.03. The topological polar surface area (TPSA) is 64.4 Å². The van der Waals surface area contributed by atoms with Gasteiger partial charge in [-0.2, -0.15) is 0 Å². The Bertz CT molecular complexity index is 496. The van der Waals surface area contributed by atoms with Gasteiger partial charge in [-0.25, -0.2) is 0 Å². The summed E-state index contributed by atoms with van der Waals surface area (Å²) in [4.78, 5) is 12.1. The van der Waals surface area contributed by atoms with Gasteiger partial charge >= 0.3 is 0 Å². The van der Waals surface area contributed by atoms with E-state index < -0.39 is 6.04 Å². The SMILES string of the molecule is CCCC(N)C(=O)NCC1(c2cccc(OC)c2)CCCC1. The number of nitrogens with one attached hydrogen (secondary N) is 1. The zero-order valence-corrected chi connectivity index (χ0v) is 13.7. The summed E-state index contributed by atoms with van der Waals surface area (Å²) in [6, 6.07) is 7.84. The fraction of sp³-hybridized carbons (Fsp3) is 0.611. The number of hydrogen-bond acceptors (Lipinski definition) is 3. The third-order valence-corrected chi connectivity index (χ3v) is 4.78. The first kappa shape index (κ1) is 16.8. The number of carbonyl (C=O) groups is 1. The normalized spacial score (nSPS) is 18.0. The molecule has 1 aromatic carbocycles. The van der Waals surface area contributed by atoms with E-state index in [1.54, 1.807) is 7.11 Å². The van der Waals surface area contributed by atoms with E-state index in [4.69, 9.17) is 10.5 Å². The van der Waals surface area contributed by atoms with E-state index in [-0.39, 0.29) is 11.3 Å². The maximum absolute atomic E-state index is 12.1. The molecule has 0 spiro atoms. The second-order valence-electron chi connectivity index (χ2n) is 6.33. The van der Waals surface area contributed by atoms with Crippen LogP contribution in [0.15, 0.2) is 24.3 Å². The van der Waals surface area contributed by atoms with E-state index >= 15 is 0 Å². The fourth-order valence-corrected chi connectivity index (χ4v) is 3.40. The summed E-state index contributed by atoms with van der Waals surface area (Å²) in [7, 11) is 1.69. The Kier molecular flexibility index (Phi) is 5.83. The predicted molar refractivity (Wildman–Crippen MR) is 89.0 cm³/mol. The number of benzene rings is 1. The van der Waals surface area contributed by atoms with Crippen LogP contribution in [0.4, 0.5) is 0 Å². The molecule has 0 saturated heterocycles. The highest BCUT2D eigenvalue weighted by atomic mass is 16.5. The quantitative estimate of drug-likeness (QED) is 0.814. The minimum Gasteiger partial charge on any atom is -0.497 e. The van der Waals surface area contributed by atoms with Gasteiger partial charge in [-0.15, -0.1) is 0 Å². The van der Waals surface area contributed by atoms with Gasteiger partial charge in [0.1, 0.15) is 5.75 Å². The first-order valence-electron chi connectivity index (χ1n) is 8.29. The first-order chi connectivity index (χ1) is 10.6. The highest BCUT2D eigenvalue weighted by Crippen LogP contribution is 2.41. The number of hydrogen-bond donors (Lipinski definition) is 2. The molecule has 22 heavy (non-hydrogen) atoms. The van der Waals surface area contributed by atoms with E-state index in [2.05, 4.69) is 17.4 Å². The summed E-state index contributed by atoms with van der Waals surface area (Å²) in [5, 5.41) is 3.08. The Labute approximate surface area is 133 Å². The smallest absolute Gasteiger partial charge is 0.236 e. The summed E-state index contributed by atoms with van der Waals surface area (Å²) >= 11 is 0. The van der Waals surface area contributed by atoms with Gasteiger partial charge in [-0.05, 0) is 37.0 Å². The molecule has 1 amide bonds. The van der Waals surface area contributed by atoms with Gasteiger partial charge in [0.2, 0.25) is 5.91 Å². The molecule has 3 N–H and O–H groups in total. The zero-order chi connectivity index (χ0) is 16.0. The van der Waals surface area contributed by atoms with E-state index in [0.29, 0.717) is 6.54 Å². The summed E-state index contributed by atoms with van der Waals surface area (Å²) in [6.07, 6.45) is 6.27. The molecular formula is C18H28N2O2. The molecule has 1 atom stereocenters. The van der Waals surface area contributed by atoms with Crippen LogP contribution >= 0.6 is 0 Å². The molecular weight excluding hydrogens is 276 g/mol. The largest absolute Gasteiger partial charge is 0.497 e. The summed E-state index contributed by atoms with van der Waals surface area (Å²) in [5.74, 6) is 0.841. The molecule has 1 aliphatic carbocycles. The van der Waals surface area contributed by atoms with Crippen molar-refractivity contribution in [1.29, 1.82) is 0 Å². The molecule has 1 unspecified atom stereocenters. The van der Waals surface area contributed by atoms with Gasteiger partial charge in [0.15, 0.2) is 0 Å². The average molecular weight is 304 g/mol. The highest BCUT2D eigenvalue weighted by Gasteiger charge is 2.36. The standard InChI is InChI=1S/C18H28N2O2/c1-3-7-16(19)17(21)20-13-18(10-4-5-11-18)14-8-6-9-15(12-14)22-2/h6,8-9,12,16H,3-5,7,10-11,13,19H2,1-2H3,(H,20,21). The second-order valence-corrected chi connectivity index (χ2v) is 6.33. The molecule has 1 aromatic rings. The third-order valence-electron chi connectivity index (χ3n) is 4.78. The van der Waals surface area contributed by atoms with Gasteiger partial charge in [-0.1, -0.05) is 38.3 Å². The lowest BCUT2D eigenvalue weighted by Crippen LogP contribution is -2.46. The molecule has 0 bridgehead atoms. The van der Waals surface area contributed by atoms with Crippen molar-refractivity contribution >= 4 is 5.91 Å². The Balaban J connectivity index is 2.10. The lowest BCUT2D eigenvalue weighted by Gasteiger charge is -2.31. The van der Waals surface area contributed by atoms with Gasteiger partial charge in [0.25, 0.3) is 0 Å². The number of amides is 1. The molecule has 0 heterocycles. The molecule has 122 valence electrons. The second kappa shape index (κ2) is 7.63. The predicted octanol–water partition coefficient (Wildman–Crippen LogP) is 2.75. The third kappa shape index (κ3) is 3.80. The van der Waals surface area contributed by atoms with Crippen molar-refractivity contribution in [3.63, 3.8) is 0 Å². The number of rotatable bonds is 7. The molecule has 0 radical (unpaired) electrons. The highest BCUT2D eigenvalue weighted by molar-refractivity contribution is 5.81. The van der Waals surface area contributed by atoms with E-state index in [1.807, 2.05) is 19.1 Å². The van der Waals surface area contributed by atoms with Crippen LogP contribution in [0.3, 0.4) is 0 Å². The van der Waals surface area contributed by atoms with E-state index in [1.165, 1.54) is 18.4 Å². The van der Waals surface area contributed by atoms with Crippen LogP contribution < -0.4 is 15.8 Å². The molecule has 1 fully saturated rings. The lowest BCUT2D eigenvalue weighted by atomic mass is 9.78. The Morgan fingerprint density at radius 2 is 2.14 bits per heavy atom. The molecule has 4 heteroatoms. The lowest BCUT2D eigenvalue weighted by molar-refractivity contribution is -0.122. The van der Waals surface area contributed by atoms with Crippen molar-refractivity contribution in [3.8, 4) is 5.75 Å². The van der Waals surface area contributed by atoms with Crippen molar-refractivity contribution < 1.29 is 9.53 Å². The maximum atomic E-state index is 12.1. The molecule has 2 rings (SSSR count). The van der Waals surface area contributed by atoms with E-state index in [0.717, 1.165) is 31.4 Å². The van der Waals surface area contributed by atoms with Crippen LogP contribution in [-0.4, -0.2) is 25.6 Å². The first-order valence-corrected chi connectivity index (χ1v) is 8.29. The Morgan fingerprint density at radius 1 is 1.41 bits per heavy atom. The van der Waals surface area contributed by atoms with Gasteiger partial charge in [0.05, 0.1) is 13.2 Å². The van der Waals surface area contributed by atoms with Crippen LogP contribution in [0.25, 0.3) is 0 Å². The minimum atomic E-state index is -0.395. The van der Waals surface area contributed by atoms with Crippen LogP contribution in [0, 0.1) is 0 Å². The van der Waals surface area contributed by atoms with Gasteiger partial charge in [0, 0.05) is 12.0 Å². The van der Waals surface area contributed by atoms with E-state index in [9.17, 15) is 4.79 Å². The summed E-state index contributed by atoms with van der Waals surface area (Å²) in [5.41, 5.74) is 7.19. The Morgan fingerprint density at radius 3 is 2.77 bits per heavy atom. The number of methoxy groups -OCH3 is 1. The molecule has 1 saturated carbocycles. The summed E-state index contributed by atoms with van der Waals surface area (Å²) in [6.45, 7) is 2.71. The van der Waals surface area contributed by atoms with Crippen LogP contribution in [-0.2, 0) is 10.2 Å². The molecule has 4 nitrogen and oxygen atoms in total.